The van der Waals surface area contributed by atoms with Gasteiger partial charge in [0.1, 0.15) is 24.1 Å². The van der Waals surface area contributed by atoms with Crippen LogP contribution in [0.1, 0.15) is 20.1 Å². The molecule has 0 bridgehead atoms. The minimum Gasteiger partial charge on any atom is -0.382 e. The monoisotopic (exact) mass is 524 g/mol. The van der Waals surface area contributed by atoms with E-state index < -0.39 is 50.4 Å². The zero-order valence-corrected chi connectivity index (χ0v) is 19.6. The molecule has 4 unspecified atom stereocenters. The Morgan fingerprint density at radius 1 is 1.23 bits per heavy atom. The van der Waals surface area contributed by atoms with Crippen molar-refractivity contribution >= 4 is 24.7 Å². The molecule has 3 aliphatic rings. The number of hydrogen-bond donors (Lipinski definition) is 2. The highest BCUT2D eigenvalue weighted by Crippen LogP contribution is 2.57. The summed E-state index contributed by atoms with van der Waals surface area (Å²) in [5, 5.41) is 0. The van der Waals surface area contributed by atoms with Crippen LogP contribution in [-0.4, -0.2) is 91.8 Å². The fourth-order valence-electron chi connectivity index (χ4n) is 4.47. The van der Waals surface area contributed by atoms with Crippen LogP contribution >= 0.6 is 7.75 Å². The first-order valence-corrected chi connectivity index (χ1v) is 12.2. The fraction of sp³-hybridized carbons (Fsp3) is 0.722. The molecule has 2 aromatic rings. The summed E-state index contributed by atoms with van der Waals surface area (Å²) in [6, 6.07) is 0. The second kappa shape index (κ2) is 8.31. The summed E-state index contributed by atoms with van der Waals surface area (Å²) >= 11 is 0. The predicted molar refractivity (Wildman–Crippen MR) is 111 cm³/mol. The predicted octanol–water partition coefficient (Wildman–Crippen LogP) is 1.21. The minimum atomic E-state index is -5.08. The number of aromatic nitrogens is 4. The maximum absolute atomic E-state index is 14.7. The molecule has 35 heavy (non-hydrogen) atoms. The molecule has 2 aromatic heterocycles. The fourth-order valence-corrected chi connectivity index (χ4v) is 5.67. The van der Waals surface area contributed by atoms with Gasteiger partial charge in [-0.05, 0) is 13.8 Å². The number of ether oxygens (including phenoxy) is 4. The van der Waals surface area contributed by atoms with Crippen LogP contribution in [0.4, 0.5) is 19.0 Å². The van der Waals surface area contributed by atoms with Crippen LogP contribution in [0.25, 0.3) is 11.2 Å². The highest BCUT2D eigenvalue weighted by Gasteiger charge is 2.74. The Labute approximate surface area is 196 Å². The van der Waals surface area contributed by atoms with E-state index >= 15 is 0 Å². The van der Waals surface area contributed by atoms with Crippen molar-refractivity contribution in [3.63, 3.8) is 0 Å². The van der Waals surface area contributed by atoms with Gasteiger partial charge in [-0.25, -0.2) is 24.2 Å². The van der Waals surface area contributed by atoms with E-state index in [1.54, 1.807) is 0 Å². The van der Waals surface area contributed by atoms with Gasteiger partial charge in [0.2, 0.25) is 5.60 Å². The van der Waals surface area contributed by atoms with Crippen LogP contribution < -0.4 is 5.73 Å². The van der Waals surface area contributed by atoms with Crippen molar-refractivity contribution in [3.8, 4) is 0 Å². The Kier molecular flexibility index (Phi) is 5.88. The van der Waals surface area contributed by atoms with Crippen LogP contribution in [0, 0.1) is 0 Å². The van der Waals surface area contributed by atoms with Crippen molar-refractivity contribution in [1.29, 1.82) is 0 Å². The van der Waals surface area contributed by atoms with Crippen molar-refractivity contribution < 1.29 is 46.1 Å². The number of nitrogens with two attached hydrogens (primary N) is 1. The Balaban J connectivity index is 1.53. The van der Waals surface area contributed by atoms with Crippen LogP contribution in [0.5, 0.6) is 0 Å². The average Bonchev–Trinajstić information content (AvgIpc) is 3.43. The molecular formula is C18H24F3N6O7P. The summed E-state index contributed by atoms with van der Waals surface area (Å²) in [6.07, 6.45) is -7.17. The van der Waals surface area contributed by atoms with Crippen LogP contribution in [0.15, 0.2) is 12.7 Å². The molecule has 5 heterocycles. The van der Waals surface area contributed by atoms with Crippen LogP contribution in [0.3, 0.4) is 0 Å². The third kappa shape index (κ3) is 4.11. The van der Waals surface area contributed by atoms with E-state index in [1.807, 2.05) is 0 Å². The van der Waals surface area contributed by atoms with Gasteiger partial charge in [-0.3, -0.25) is 9.09 Å². The highest BCUT2D eigenvalue weighted by molar-refractivity contribution is 7.50. The first kappa shape index (κ1) is 24.8. The van der Waals surface area contributed by atoms with Crippen molar-refractivity contribution in [2.45, 2.75) is 49.8 Å². The quantitative estimate of drug-likeness (QED) is 0.540. The van der Waals surface area contributed by atoms with Crippen molar-refractivity contribution in [2.75, 3.05) is 38.6 Å². The molecule has 0 amide bonds. The first-order chi connectivity index (χ1) is 16.3. The average molecular weight is 524 g/mol. The van der Waals surface area contributed by atoms with Crippen LogP contribution in [-0.2, 0) is 28.0 Å². The van der Waals surface area contributed by atoms with Gasteiger partial charge < -0.3 is 29.6 Å². The standard InChI is InChI=1S/C18H24F3N6O7P/c1-16(2)32-11-12(33-16)17(18(19,20)21,7-31-35(28,29)26-3-5-30-6-4-26)34-15(11)27-9-25-10-13(22)23-8-24-14(10)27/h8-9,11-12,15H,3-7H2,1-2H3,(H,28,29)(H2,22,23,24)/t11?,12?,15-,17?/m1/s1. The summed E-state index contributed by atoms with van der Waals surface area (Å²) < 4.78 is 86.4. The lowest BCUT2D eigenvalue weighted by atomic mass is 9.95. The third-order valence-corrected chi connectivity index (χ3v) is 7.71. The molecule has 3 fully saturated rings. The summed E-state index contributed by atoms with van der Waals surface area (Å²) in [5.74, 6) is -1.38. The van der Waals surface area contributed by atoms with E-state index in [0.29, 0.717) is 0 Å². The molecule has 194 valence electrons. The lowest BCUT2D eigenvalue weighted by Crippen LogP contribution is -2.58. The Morgan fingerprint density at radius 2 is 1.94 bits per heavy atom. The number of rotatable bonds is 5. The molecule has 0 aliphatic carbocycles. The maximum Gasteiger partial charge on any atom is 0.422 e. The number of nitrogens with zero attached hydrogens (tertiary/aromatic N) is 5. The molecule has 5 rings (SSSR count). The second-order valence-electron chi connectivity index (χ2n) is 8.83. The van der Waals surface area contributed by atoms with Crippen LogP contribution in [0.2, 0.25) is 0 Å². The largest absolute Gasteiger partial charge is 0.422 e. The molecule has 3 saturated heterocycles. The van der Waals surface area contributed by atoms with E-state index in [0.717, 1.165) is 11.0 Å². The number of nitrogen functional groups attached to an aromatic ring is 1. The van der Waals surface area contributed by atoms with Crippen molar-refractivity contribution in [3.05, 3.63) is 12.7 Å². The van der Waals surface area contributed by atoms with E-state index in [9.17, 15) is 22.6 Å². The molecule has 17 heteroatoms. The van der Waals surface area contributed by atoms with Gasteiger partial charge in [0, 0.05) is 13.1 Å². The van der Waals surface area contributed by atoms with E-state index in [4.69, 9.17) is 29.2 Å². The number of imidazole rings is 1. The van der Waals surface area contributed by atoms with Crippen molar-refractivity contribution in [1.82, 2.24) is 24.2 Å². The van der Waals surface area contributed by atoms with Crippen molar-refractivity contribution in [2.24, 2.45) is 0 Å². The third-order valence-electron chi connectivity index (χ3n) is 6.13. The molecule has 0 radical (unpaired) electrons. The van der Waals surface area contributed by atoms with E-state index in [2.05, 4.69) is 15.0 Å². The maximum atomic E-state index is 14.7. The molecule has 3 N–H and O–H groups in total. The molecule has 13 nitrogen and oxygen atoms in total. The first-order valence-electron chi connectivity index (χ1n) is 10.7. The number of hydrogen-bond acceptors (Lipinski definition) is 10. The molecule has 3 aliphatic heterocycles. The Morgan fingerprint density at radius 3 is 2.63 bits per heavy atom. The summed E-state index contributed by atoms with van der Waals surface area (Å²) in [4.78, 5) is 22.4. The smallest absolute Gasteiger partial charge is 0.382 e. The lowest BCUT2D eigenvalue weighted by molar-refractivity contribution is -0.323. The van der Waals surface area contributed by atoms with Gasteiger partial charge in [0.25, 0.3) is 0 Å². The van der Waals surface area contributed by atoms with Gasteiger partial charge in [0.15, 0.2) is 23.5 Å². The molecule has 0 spiro atoms. The highest BCUT2D eigenvalue weighted by atomic mass is 31.2. The number of anilines is 1. The minimum absolute atomic E-state index is 0.0249. The summed E-state index contributed by atoms with van der Waals surface area (Å²) in [6.45, 7) is 1.94. The number of morpholine rings is 1. The number of fused-ring (bicyclic) bond motifs is 2. The Bertz CT molecular complexity index is 1160. The molecule has 5 atom stereocenters. The van der Waals surface area contributed by atoms with Gasteiger partial charge in [-0.15, -0.1) is 0 Å². The van der Waals surface area contributed by atoms with Gasteiger partial charge >= 0.3 is 13.9 Å². The Hall–Kier alpha value is -1.91. The normalized spacial score (nSPS) is 33.1. The molecule has 0 saturated carbocycles. The van der Waals surface area contributed by atoms with Gasteiger partial charge in [-0.2, -0.15) is 13.2 Å². The summed E-state index contributed by atoms with van der Waals surface area (Å²) in [7, 11) is -4.61. The molecular weight excluding hydrogens is 500 g/mol. The number of alkyl halides is 3. The van der Waals surface area contributed by atoms with E-state index in [1.165, 1.54) is 24.7 Å². The summed E-state index contributed by atoms with van der Waals surface area (Å²) in [5.41, 5.74) is 2.95. The van der Waals surface area contributed by atoms with Gasteiger partial charge in [-0.1, -0.05) is 0 Å². The second-order valence-corrected chi connectivity index (χ2v) is 10.6. The lowest BCUT2D eigenvalue weighted by Gasteiger charge is -2.37. The SMILES string of the molecule is CC1(C)OC2C(O1)C(COP(=O)(O)N1CCOCC1)(C(F)(F)F)O[C@H]2n1cnc2c(N)ncnc21. The zero-order chi connectivity index (χ0) is 25.2. The topological polar surface area (TPSA) is 156 Å². The van der Waals surface area contributed by atoms with Gasteiger partial charge in [0.05, 0.1) is 26.1 Å². The molecule has 0 aromatic carbocycles. The zero-order valence-electron chi connectivity index (χ0n) is 18.7. The van der Waals surface area contributed by atoms with E-state index in [-0.39, 0.29) is 43.3 Å². The number of halogens is 3.